The number of nitrogens with zero attached hydrogens (tertiary/aromatic N) is 2. The maximum absolute atomic E-state index is 11.4. The summed E-state index contributed by atoms with van der Waals surface area (Å²) in [6.45, 7) is 1.74. The van der Waals surface area contributed by atoms with E-state index in [-0.39, 0.29) is 11.2 Å². The highest BCUT2D eigenvalue weighted by atomic mass is 16.5. The van der Waals surface area contributed by atoms with Crippen LogP contribution in [0.15, 0.2) is 11.1 Å². The summed E-state index contributed by atoms with van der Waals surface area (Å²) in [6.07, 6.45) is 3.05. The zero-order chi connectivity index (χ0) is 10.0. The molecule has 1 aliphatic rings. The van der Waals surface area contributed by atoms with Crippen molar-refractivity contribution in [2.45, 2.75) is 18.4 Å². The third kappa shape index (κ3) is 1.36. The van der Waals surface area contributed by atoms with Crippen LogP contribution < -0.4 is 11.4 Å². The number of hydrogen-bond acceptors (Lipinski definition) is 4. The number of hydrogen-bond donors (Lipinski definition) is 2. The molecular formula is C8H14N4O2. The van der Waals surface area contributed by atoms with Gasteiger partial charge in [-0.25, -0.2) is 9.89 Å². The molecule has 3 N–H and O–H groups in total. The molecule has 1 aliphatic heterocycles. The average Bonchev–Trinajstić information content (AvgIpc) is 2.66. The van der Waals surface area contributed by atoms with Crippen molar-refractivity contribution in [3.63, 3.8) is 0 Å². The molecule has 0 amide bonds. The Balaban J connectivity index is 2.36. The lowest BCUT2D eigenvalue weighted by Crippen LogP contribution is -2.49. The van der Waals surface area contributed by atoms with Crippen molar-refractivity contribution in [3.8, 4) is 0 Å². The molecule has 0 unspecified atom stereocenters. The molecule has 0 radical (unpaired) electrons. The van der Waals surface area contributed by atoms with Crippen LogP contribution in [0.25, 0.3) is 0 Å². The van der Waals surface area contributed by atoms with Crippen molar-refractivity contribution in [2.75, 3.05) is 19.8 Å². The molecule has 1 fully saturated rings. The van der Waals surface area contributed by atoms with Gasteiger partial charge in [-0.2, -0.15) is 5.10 Å². The molecule has 14 heavy (non-hydrogen) atoms. The third-order valence-corrected chi connectivity index (χ3v) is 2.87. The predicted molar refractivity (Wildman–Crippen MR) is 49.9 cm³/mol. The van der Waals surface area contributed by atoms with Crippen LogP contribution in [-0.2, 0) is 10.3 Å². The smallest absolute Gasteiger partial charge is 0.343 e. The molecular weight excluding hydrogens is 184 g/mol. The molecule has 1 aromatic rings. The van der Waals surface area contributed by atoms with Gasteiger partial charge >= 0.3 is 5.69 Å². The van der Waals surface area contributed by atoms with Crippen molar-refractivity contribution >= 4 is 0 Å². The highest BCUT2D eigenvalue weighted by molar-refractivity contribution is 4.91. The van der Waals surface area contributed by atoms with Gasteiger partial charge in [-0.05, 0) is 12.8 Å². The summed E-state index contributed by atoms with van der Waals surface area (Å²) in [4.78, 5) is 11.4. The van der Waals surface area contributed by atoms with E-state index in [0.717, 1.165) is 12.8 Å². The van der Waals surface area contributed by atoms with Crippen LogP contribution in [0.3, 0.4) is 0 Å². The quantitative estimate of drug-likeness (QED) is 0.640. The van der Waals surface area contributed by atoms with E-state index in [2.05, 4.69) is 10.2 Å². The van der Waals surface area contributed by atoms with Gasteiger partial charge in [-0.3, -0.25) is 4.57 Å². The molecule has 0 atom stereocenters. The van der Waals surface area contributed by atoms with E-state index in [1.165, 1.54) is 6.33 Å². The fraction of sp³-hybridized carbons (Fsp3) is 0.750. The largest absolute Gasteiger partial charge is 0.381 e. The number of H-pyrrole nitrogens is 1. The first-order valence-electron chi connectivity index (χ1n) is 4.69. The van der Waals surface area contributed by atoms with E-state index in [1.54, 1.807) is 4.57 Å². The third-order valence-electron chi connectivity index (χ3n) is 2.87. The number of ether oxygens (including phenoxy) is 1. The Morgan fingerprint density at radius 1 is 1.64 bits per heavy atom. The van der Waals surface area contributed by atoms with Gasteiger partial charge < -0.3 is 10.5 Å². The van der Waals surface area contributed by atoms with Gasteiger partial charge in [0.25, 0.3) is 0 Å². The second kappa shape index (κ2) is 3.55. The molecule has 2 heterocycles. The normalized spacial score (nSPS) is 20.9. The van der Waals surface area contributed by atoms with E-state index in [1.807, 2.05) is 0 Å². The van der Waals surface area contributed by atoms with Gasteiger partial charge in [0.15, 0.2) is 0 Å². The molecule has 0 aliphatic carbocycles. The van der Waals surface area contributed by atoms with E-state index in [9.17, 15) is 4.79 Å². The summed E-state index contributed by atoms with van der Waals surface area (Å²) >= 11 is 0. The Bertz CT molecular complexity index is 350. The molecule has 6 nitrogen and oxygen atoms in total. The molecule has 1 saturated heterocycles. The van der Waals surface area contributed by atoms with Gasteiger partial charge in [-0.15, -0.1) is 0 Å². The van der Waals surface area contributed by atoms with E-state index in [4.69, 9.17) is 10.5 Å². The predicted octanol–water partition coefficient (Wildman–Crippen LogP) is -0.964. The lowest BCUT2D eigenvalue weighted by atomic mass is 9.90. The standard InChI is InChI=1S/C8H14N4O2/c9-5-8(1-3-14-4-2-8)12-6-10-11-7(12)13/h6H,1-5,9H2,(H,11,13). The summed E-state index contributed by atoms with van der Waals surface area (Å²) in [5, 5.41) is 6.11. The van der Waals surface area contributed by atoms with Crippen molar-refractivity contribution in [1.82, 2.24) is 14.8 Å². The Morgan fingerprint density at radius 3 is 2.86 bits per heavy atom. The number of rotatable bonds is 2. The minimum atomic E-state index is -0.303. The Labute approximate surface area is 81.1 Å². The lowest BCUT2D eigenvalue weighted by molar-refractivity contribution is 0.0233. The highest BCUT2D eigenvalue weighted by Gasteiger charge is 2.34. The fourth-order valence-electron chi connectivity index (χ4n) is 1.88. The van der Waals surface area contributed by atoms with Gasteiger partial charge in [-0.1, -0.05) is 0 Å². The zero-order valence-electron chi connectivity index (χ0n) is 7.90. The second-order valence-corrected chi connectivity index (χ2v) is 3.57. The monoisotopic (exact) mass is 198 g/mol. The molecule has 0 spiro atoms. The summed E-state index contributed by atoms with van der Waals surface area (Å²) < 4.78 is 6.86. The van der Waals surface area contributed by atoms with Crippen molar-refractivity contribution in [1.29, 1.82) is 0 Å². The number of aromatic amines is 1. The van der Waals surface area contributed by atoms with Gasteiger partial charge in [0.05, 0.1) is 5.54 Å². The lowest BCUT2D eigenvalue weighted by Gasteiger charge is -2.36. The maximum atomic E-state index is 11.4. The second-order valence-electron chi connectivity index (χ2n) is 3.57. The van der Waals surface area contributed by atoms with Crippen LogP contribution in [0.4, 0.5) is 0 Å². The van der Waals surface area contributed by atoms with Crippen molar-refractivity contribution in [2.24, 2.45) is 5.73 Å². The Kier molecular flexibility index (Phi) is 2.39. The molecule has 0 saturated carbocycles. The molecule has 78 valence electrons. The topological polar surface area (TPSA) is 85.9 Å². The zero-order valence-corrected chi connectivity index (χ0v) is 7.90. The van der Waals surface area contributed by atoms with Crippen LogP contribution >= 0.6 is 0 Å². The first-order valence-corrected chi connectivity index (χ1v) is 4.69. The van der Waals surface area contributed by atoms with Crippen LogP contribution in [0.2, 0.25) is 0 Å². The SMILES string of the molecule is NCC1(n2cn[nH]c2=O)CCOCC1. The highest BCUT2D eigenvalue weighted by Crippen LogP contribution is 2.25. The first-order chi connectivity index (χ1) is 6.78. The summed E-state index contributed by atoms with van der Waals surface area (Å²) in [6, 6.07) is 0. The summed E-state index contributed by atoms with van der Waals surface area (Å²) in [7, 11) is 0. The minimum Gasteiger partial charge on any atom is -0.381 e. The number of nitrogens with two attached hydrogens (primary N) is 1. The Morgan fingerprint density at radius 2 is 2.36 bits per heavy atom. The van der Waals surface area contributed by atoms with E-state index < -0.39 is 0 Å². The van der Waals surface area contributed by atoms with Gasteiger partial charge in [0.2, 0.25) is 0 Å². The van der Waals surface area contributed by atoms with Crippen LogP contribution in [0.5, 0.6) is 0 Å². The number of nitrogens with one attached hydrogen (secondary N) is 1. The maximum Gasteiger partial charge on any atom is 0.343 e. The molecule has 0 aromatic carbocycles. The summed E-state index contributed by atoms with van der Waals surface area (Å²) in [5.74, 6) is 0. The van der Waals surface area contributed by atoms with Gasteiger partial charge in [0.1, 0.15) is 6.33 Å². The molecule has 1 aromatic heterocycles. The molecule has 6 heteroatoms. The summed E-state index contributed by atoms with van der Waals surface area (Å²) in [5.41, 5.74) is 5.24. The van der Waals surface area contributed by atoms with Crippen LogP contribution in [-0.4, -0.2) is 34.5 Å². The first kappa shape index (κ1) is 9.42. The van der Waals surface area contributed by atoms with E-state index >= 15 is 0 Å². The van der Waals surface area contributed by atoms with Crippen molar-refractivity contribution in [3.05, 3.63) is 16.8 Å². The molecule has 0 bridgehead atoms. The van der Waals surface area contributed by atoms with E-state index in [0.29, 0.717) is 19.8 Å². The van der Waals surface area contributed by atoms with Crippen molar-refractivity contribution < 1.29 is 4.74 Å². The fourth-order valence-corrected chi connectivity index (χ4v) is 1.88. The van der Waals surface area contributed by atoms with Gasteiger partial charge in [0, 0.05) is 19.8 Å². The van der Waals surface area contributed by atoms with Crippen LogP contribution in [0, 0.1) is 0 Å². The molecule has 2 rings (SSSR count). The number of aromatic nitrogens is 3. The Hall–Kier alpha value is -1.14. The average molecular weight is 198 g/mol. The van der Waals surface area contributed by atoms with Crippen LogP contribution in [0.1, 0.15) is 12.8 Å². The minimum absolute atomic E-state index is 0.197.